The Kier molecular flexibility index (Phi) is 4.21. The molecule has 0 bridgehead atoms. The van der Waals surface area contributed by atoms with E-state index in [2.05, 4.69) is 4.98 Å². The monoisotopic (exact) mass is 378 g/mol. The highest BCUT2D eigenvalue weighted by Gasteiger charge is 2.18. The van der Waals surface area contributed by atoms with Crippen molar-refractivity contribution in [2.45, 2.75) is 0 Å². The zero-order valence-corrected chi connectivity index (χ0v) is 14.9. The molecule has 6 heteroatoms. The summed E-state index contributed by atoms with van der Waals surface area (Å²) in [6, 6.07) is 20.2. The van der Waals surface area contributed by atoms with Crippen LogP contribution in [0, 0.1) is 11.3 Å². The number of hydrogen-bond acceptors (Lipinski definition) is 5. The summed E-state index contributed by atoms with van der Waals surface area (Å²) >= 11 is 7.53. The molecule has 0 saturated heterocycles. The number of nitriles is 1. The molecule has 0 amide bonds. The molecule has 1 N–H and O–H groups in total. The Bertz CT molecular complexity index is 1150. The van der Waals surface area contributed by atoms with E-state index in [4.69, 9.17) is 16.0 Å². The van der Waals surface area contributed by atoms with Crippen LogP contribution in [0.2, 0.25) is 5.02 Å². The number of allylic oxidation sites excluding steroid dienone is 1. The maximum atomic E-state index is 10.6. The molecule has 4 nitrogen and oxygen atoms in total. The maximum Gasteiger partial charge on any atom is 0.179 e. The highest BCUT2D eigenvalue weighted by Crippen LogP contribution is 2.34. The van der Waals surface area contributed by atoms with E-state index in [1.54, 1.807) is 18.2 Å². The molecule has 0 atom stereocenters. The number of aromatic nitrogens is 1. The number of aliphatic hydroxyl groups excluding tert-OH is 1. The third kappa shape index (κ3) is 2.86. The lowest BCUT2D eigenvalue weighted by Crippen LogP contribution is -1.88. The van der Waals surface area contributed by atoms with E-state index < -0.39 is 0 Å². The van der Waals surface area contributed by atoms with Crippen LogP contribution in [0.1, 0.15) is 10.8 Å². The molecule has 4 aromatic rings. The molecule has 0 unspecified atom stereocenters. The van der Waals surface area contributed by atoms with Crippen molar-refractivity contribution in [2.24, 2.45) is 0 Å². The molecule has 2 aromatic heterocycles. The number of aliphatic hydroxyl groups is 1. The van der Waals surface area contributed by atoms with Crippen molar-refractivity contribution in [3.63, 3.8) is 0 Å². The van der Waals surface area contributed by atoms with Crippen LogP contribution in [0.15, 0.2) is 65.1 Å². The number of nitrogens with zero attached hydrogens (tertiary/aromatic N) is 2. The molecule has 26 heavy (non-hydrogen) atoms. The molecule has 2 aromatic carbocycles. The van der Waals surface area contributed by atoms with Crippen LogP contribution in [0.4, 0.5) is 0 Å². The van der Waals surface area contributed by atoms with Gasteiger partial charge in [0.25, 0.3) is 0 Å². The third-order valence-corrected chi connectivity index (χ3v) is 5.22. The quantitative estimate of drug-likeness (QED) is 0.342. The van der Waals surface area contributed by atoms with Crippen LogP contribution < -0.4 is 0 Å². The van der Waals surface area contributed by atoms with Crippen LogP contribution in [0.5, 0.6) is 0 Å². The van der Waals surface area contributed by atoms with E-state index in [1.165, 1.54) is 11.3 Å². The number of hydrogen-bond donors (Lipinski definition) is 1. The van der Waals surface area contributed by atoms with Gasteiger partial charge in [0, 0.05) is 5.56 Å². The second-order valence-electron chi connectivity index (χ2n) is 5.47. The molecule has 4 rings (SSSR count). The summed E-state index contributed by atoms with van der Waals surface area (Å²) in [4.78, 5) is 4.42. The Balaban J connectivity index is 1.78. The van der Waals surface area contributed by atoms with E-state index in [0.717, 1.165) is 10.2 Å². The van der Waals surface area contributed by atoms with Crippen molar-refractivity contribution in [1.29, 1.82) is 5.26 Å². The van der Waals surface area contributed by atoms with Crippen molar-refractivity contribution in [3.05, 3.63) is 76.5 Å². The molecular formula is C20H11ClN2O2S. The fraction of sp³-hybridized carbons (Fsp3) is 0. The maximum absolute atomic E-state index is 10.6. The first kappa shape index (κ1) is 16.4. The second kappa shape index (κ2) is 6.68. The topological polar surface area (TPSA) is 70.0 Å². The molecule has 0 spiro atoms. The van der Waals surface area contributed by atoms with Crippen molar-refractivity contribution in [1.82, 2.24) is 4.98 Å². The van der Waals surface area contributed by atoms with Gasteiger partial charge in [-0.15, -0.1) is 11.3 Å². The number of para-hydroxylation sites is 1. The summed E-state index contributed by atoms with van der Waals surface area (Å²) in [6.07, 6.45) is 0. The van der Waals surface area contributed by atoms with Crippen molar-refractivity contribution in [3.8, 4) is 17.4 Å². The largest absolute Gasteiger partial charge is 0.503 e. The first-order valence-corrected chi connectivity index (χ1v) is 8.91. The zero-order chi connectivity index (χ0) is 18.1. The number of thiazole rings is 1. The SMILES string of the molecule is N#C/C(=C(/O)c1ccc(-c2ccccc2Cl)o1)c1nc2ccccc2s1. The zero-order valence-electron chi connectivity index (χ0n) is 13.3. The van der Waals surface area contributed by atoms with E-state index in [-0.39, 0.29) is 17.1 Å². The molecule has 0 aliphatic rings. The van der Waals surface area contributed by atoms with Gasteiger partial charge < -0.3 is 9.52 Å². The summed E-state index contributed by atoms with van der Waals surface area (Å²) < 4.78 is 6.67. The van der Waals surface area contributed by atoms with Crippen molar-refractivity contribution >= 4 is 44.5 Å². The fourth-order valence-electron chi connectivity index (χ4n) is 2.58. The molecular weight excluding hydrogens is 368 g/mol. The molecule has 0 aliphatic carbocycles. The number of benzene rings is 2. The average Bonchev–Trinajstić information content (AvgIpc) is 3.29. The van der Waals surface area contributed by atoms with Gasteiger partial charge in [-0.25, -0.2) is 4.98 Å². The van der Waals surface area contributed by atoms with Gasteiger partial charge in [0.05, 0.1) is 15.2 Å². The number of halogens is 1. The third-order valence-electron chi connectivity index (χ3n) is 3.84. The fourth-order valence-corrected chi connectivity index (χ4v) is 3.77. The van der Waals surface area contributed by atoms with Gasteiger partial charge in [-0.1, -0.05) is 35.9 Å². The summed E-state index contributed by atoms with van der Waals surface area (Å²) in [5.74, 6) is 0.458. The Hall–Kier alpha value is -3.07. The molecule has 126 valence electrons. The van der Waals surface area contributed by atoms with Gasteiger partial charge in [-0.3, -0.25) is 0 Å². The van der Waals surface area contributed by atoms with E-state index >= 15 is 0 Å². The van der Waals surface area contributed by atoms with Gasteiger partial charge in [0.1, 0.15) is 22.4 Å². The van der Waals surface area contributed by atoms with Gasteiger partial charge in [-0.2, -0.15) is 5.26 Å². The first-order valence-electron chi connectivity index (χ1n) is 7.72. The lowest BCUT2D eigenvalue weighted by Gasteiger charge is -2.01. The van der Waals surface area contributed by atoms with Gasteiger partial charge >= 0.3 is 0 Å². The minimum absolute atomic E-state index is 0.0752. The van der Waals surface area contributed by atoms with E-state index in [9.17, 15) is 10.4 Å². The smallest absolute Gasteiger partial charge is 0.179 e. The lowest BCUT2D eigenvalue weighted by atomic mass is 10.2. The van der Waals surface area contributed by atoms with Crippen LogP contribution in [-0.2, 0) is 0 Å². The lowest BCUT2D eigenvalue weighted by molar-refractivity contribution is 0.466. The van der Waals surface area contributed by atoms with Crippen molar-refractivity contribution < 1.29 is 9.52 Å². The Morgan fingerprint density at radius 2 is 1.85 bits per heavy atom. The standard InChI is InChI=1S/C20H11ClN2O2S/c21-14-6-2-1-5-12(14)16-9-10-17(25-16)19(24)13(11-22)20-23-15-7-3-4-8-18(15)26-20/h1-10,24H/b19-13-. The Morgan fingerprint density at radius 3 is 2.62 bits per heavy atom. The molecule has 0 saturated carbocycles. The van der Waals surface area contributed by atoms with Crippen LogP contribution in [0.25, 0.3) is 32.9 Å². The summed E-state index contributed by atoms with van der Waals surface area (Å²) in [6.45, 7) is 0. The summed E-state index contributed by atoms with van der Waals surface area (Å²) in [5, 5.41) is 21.1. The van der Waals surface area contributed by atoms with E-state index in [0.29, 0.717) is 21.4 Å². The summed E-state index contributed by atoms with van der Waals surface area (Å²) in [5.41, 5.74) is 1.57. The molecule has 0 fully saturated rings. The Morgan fingerprint density at radius 1 is 1.08 bits per heavy atom. The van der Waals surface area contributed by atoms with E-state index in [1.807, 2.05) is 48.5 Å². The minimum atomic E-state index is -0.246. The van der Waals surface area contributed by atoms with Gasteiger partial charge in [0.2, 0.25) is 0 Å². The Labute approximate surface area is 158 Å². The minimum Gasteiger partial charge on any atom is -0.503 e. The predicted octanol–water partition coefficient (Wildman–Crippen LogP) is 6.16. The predicted molar refractivity (Wildman–Crippen MR) is 104 cm³/mol. The van der Waals surface area contributed by atoms with Crippen LogP contribution in [0.3, 0.4) is 0 Å². The van der Waals surface area contributed by atoms with Crippen LogP contribution >= 0.6 is 22.9 Å². The number of fused-ring (bicyclic) bond motifs is 1. The van der Waals surface area contributed by atoms with Crippen LogP contribution in [-0.4, -0.2) is 10.1 Å². The number of furan rings is 1. The van der Waals surface area contributed by atoms with Gasteiger partial charge in [0.15, 0.2) is 11.5 Å². The van der Waals surface area contributed by atoms with Crippen molar-refractivity contribution in [2.75, 3.05) is 0 Å². The molecule has 2 heterocycles. The molecule has 0 aliphatic heterocycles. The normalized spacial score (nSPS) is 12.0. The number of rotatable bonds is 3. The molecule has 0 radical (unpaired) electrons. The first-order chi connectivity index (χ1) is 12.7. The average molecular weight is 379 g/mol. The highest BCUT2D eigenvalue weighted by molar-refractivity contribution is 7.19. The highest BCUT2D eigenvalue weighted by atomic mass is 35.5. The summed E-state index contributed by atoms with van der Waals surface area (Å²) in [7, 11) is 0. The second-order valence-corrected chi connectivity index (χ2v) is 6.90. The van der Waals surface area contributed by atoms with Gasteiger partial charge in [-0.05, 0) is 36.4 Å².